The summed E-state index contributed by atoms with van der Waals surface area (Å²) in [5, 5.41) is 17.8. The Bertz CT molecular complexity index is 457. The summed E-state index contributed by atoms with van der Waals surface area (Å²) in [6.07, 6.45) is 0.330. The predicted octanol–water partition coefficient (Wildman–Crippen LogP) is 2.24. The summed E-state index contributed by atoms with van der Waals surface area (Å²) in [7, 11) is 1.68. The van der Waals surface area contributed by atoms with Gasteiger partial charge < -0.3 is 10.0 Å². The lowest BCUT2D eigenvalue weighted by Gasteiger charge is -2.20. The van der Waals surface area contributed by atoms with E-state index in [1.165, 1.54) is 11.8 Å². The first-order valence-corrected chi connectivity index (χ1v) is 6.50. The van der Waals surface area contributed by atoms with Crippen molar-refractivity contribution in [2.45, 2.75) is 23.5 Å². The number of thioether (sulfide) groups is 1. The molecule has 0 aliphatic heterocycles. The highest BCUT2D eigenvalue weighted by Gasteiger charge is 2.19. The largest absolute Gasteiger partial charge is 0.507 e. The molecule has 4 nitrogen and oxygen atoms in total. The van der Waals surface area contributed by atoms with Gasteiger partial charge in [0, 0.05) is 18.5 Å². The zero-order valence-electron chi connectivity index (χ0n) is 10.5. The van der Waals surface area contributed by atoms with E-state index in [9.17, 15) is 9.90 Å². The Morgan fingerprint density at radius 2 is 2.22 bits per heavy atom. The zero-order valence-corrected chi connectivity index (χ0v) is 11.3. The molecule has 1 N–H and O–H groups in total. The lowest BCUT2D eigenvalue weighted by molar-refractivity contribution is -0.128. The summed E-state index contributed by atoms with van der Waals surface area (Å²) < 4.78 is 0. The highest BCUT2D eigenvalue weighted by atomic mass is 32.2. The van der Waals surface area contributed by atoms with Gasteiger partial charge in [-0.15, -0.1) is 11.8 Å². The molecule has 1 rings (SSSR count). The van der Waals surface area contributed by atoms with Gasteiger partial charge in [0.1, 0.15) is 5.75 Å². The average molecular weight is 264 g/mol. The molecule has 1 aromatic rings. The van der Waals surface area contributed by atoms with Crippen LogP contribution >= 0.6 is 11.8 Å². The van der Waals surface area contributed by atoms with E-state index in [1.807, 2.05) is 12.1 Å². The molecule has 1 atom stereocenters. The topological polar surface area (TPSA) is 64.3 Å². The van der Waals surface area contributed by atoms with Gasteiger partial charge in [0.25, 0.3) is 0 Å². The molecule has 0 heterocycles. The Morgan fingerprint density at radius 1 is 1.56 bits per heavy atom. The number of carbonyl (C=O) groups excluding carboxylic acids is 1. The van der Waals surface area contributed by atoms with Crippen molar-refractivity contribution >= 4 is 17.7 Å². The van der Waals surface area contributed by atoms with Crippen molar-refractivity contribution in [3.8, 4) is 11.8 Å². The number of phenolic OH excluding ortho intramolecular Hbond substituents is 1. The van der Waals surface area contributed by atoms with Crippen LogP contribution in [0.4, 0.5) is 0 Å². The van der Waals surface area contributed by atoms with Gasteiger partial charge in [0.2, 0.25) is 5.91 Å². The first-order valence-electron chi connectivity index (χ1n) is 5.63. The van der Waals surface area contributed by atoms with Crippen LogP contribution in [0.5, 0.6) is 5.75 Å². The van der Waals surface area contributed by atoms with Gasteiger partial charge in [-0.1, -0.05) is 12.1 Å². The average Bonchev–Trinajstić information content (AvgIpc) is 2.37. The van der Waals surface area contributed by atoms with Crippen LogP contribution in [0.1, 0.15) is 13.3 Å². The van der Waals surface area contributed by atoms with Gasteiger partial charge in [-0.05, 0) is 19.1 Å². The minimum absolute atomic E-state index is 0.0431. The predicted molar refractivity (Wildman–Crippen MR) is 71.3 cm³/mol. The Balaban J connectivity index is 2.60. The van der Waals surface area contributed by atoms with Crippen LogP contribution in [0.2, 0.25) is 0 Å². The number of rotatable bonds is 5. The molecule has 0 bridgehead atoms. The summed E-state index contributed by atoms with van der Waals surface area (Å²) in [5.41, 5.74) is 0. The van der Waals surface area contributed by atoms with Gasteiger partial charge in [-0.25, -0.2) is 0 Å². The van der Waals surface area contributed by atoms with E-state index in [-0.39, 0.29) is 16.9 Å². The Morgan fingerprint density at radius 3 is 2.83 bits per heavy atom. The molecular formula is C13H16N2O2S. The molecule has 0 aromatic heterocycles. The van der Waals surface area contributed by atoms with Crippen LogP contribution in [0.3, 0.4) is 0 Å². The second-order valence-corrected chi connectivity index (χ2v) is 5.28. The number of nitrogens with zero attached hydrogens (tertiary/aromatic N) is 2. The van der Waals surface area contributed by atoms with Crippen molar-refractivity contribution in [3.63, 3.8) is 0 Å². The molecule has 0 fully saturated rings. The number of phenols is 1. The molecule has 0 saturated carbocycles. The fourth-order valence-corrected chi connectivity index (χ4v) is 2.44. The highest BCUT2D eigenvalue weighted by molar-refractivity contribution is 8.00. The number of hydrogen-bond donors (Lipinski definition) is 1. The lowest BCUT2D eigenvalue weighted by Crippen LogP contribution is -2.33. The molecule has 5 heteroatoms. The molecule has 0 saturated heterocycles. The molecule has 0 aliphatic rings. The molecule has 96 valence electrons. The maximum atomic E-state index is 12.0. The van der Waals surface area contributed by atoms with Gasteiger partial charge >= 0.3 is 0 Å². The number of nitriles is 1. The number of hydrogen-bond acceptors (Lipinski definition) is 4. The van der Waals surface area contributed by atoms with Crippen LogP contribution in [0.25, 0.3) is 0 Å². The summed E-state index contributed by atoms with van der Waals surface area (Å²) in [4.78, 5) is 14.2. The first kappa shape index (κ1) is 14.4. The van der Waals surface area contributed by atoms with E-state index in [0.29, 0.717) is 17.9 Å². The summed E-state index contributed by atoms with van der Waals surface area (Å²) in [5.74, 6) is 0.139. The van der Waals surface area contributed by atoms with Crippen molar-refractivity contribution in [2.24, 2.45) is 0 Å². The third kappa shape index (κ3) is 3.97. The van der Waals surface area contributed by atoms with Gasteiger partial charge in [0.15, 0.2) is 0 Å². The van der Waals surface area contributed by atoms with Crippen LogP contribution in [-0.2, 0) is 4.79 Å². The molecule has 18 heavy (non-hydrogen) atoms. The van der Waals surface area contributed by atoms with Crippen molar-refractivity contribution in [2.75, 3.05) is 13.6 Å². The summed E-state index contributed by atoms with van der Waals surface area (Å²) in [6.45, 7) is 2.23. The van der Waals surface area contributed by atoms with E-state index in [4.69, 9.17) is 5.26 Å². The maximum absolute atomic E-state index is 12.0. The normalized spacial score (nSPS) is 11.6. The number of aromatic hydroxyl groups is 1. The minimum atomic E-state index is -0.290. The fraction of sp³-hybridized carbons (Fsp3) is 0.385. The molecular weight excluding hydrogens is 248 g/mol. The minimum Gasteiger partial charge on any atom is -0.507 e. The molecule has 1 aromatic carbocycles. The van der Waals surface area contributed by atoms with E-state index in [2.05, 4.69) is 0 Å². The van der Waals surface area contributed by atoms with Gasteiger partial charge in [-0.2, -0.15) is 5.26 Å². The SMILES string of the molecule is CC(Sc1ccccc1O)C(=O)N(C)CCC#N. The summed E-state index contributed by atoms with van der Waals surface area (Å²) >= 11 is 1.32. The Kier molecular flexibility index (Phi) is 5.53. The van der Waals surface area contributed by atoms with Crippen LogP contribution in [0, 0.1) is 11.3 Å². The second kappa shape index (κ2) is 6.92. The Labute approximate surface area is 111 Å². The van der Waals surface area contributed by atoms with E-state index in [1.54, 1.807) is 37.1 Å². The molecule has 0 spiro atoms. The van der Waals surface area contributed by atoms with Crippen LogP contribution in [-0.4, -0.2) is 34.8 Å². The van der Waals surface area contributed by atoms with E-state index >= 15 is 0 Å². The quantitative estimate of drug-likeness (QED) is 0.828. The Hall–Kier alpha value is -1.67. The first-order chi connectivity index (χ1) is 8.56. The third-order valence-corrected chi connectivity index (χ3v) is 3.61. The van der Waals surface area contributed by atoms with Gasteiger partial charge in [0.05, 0.1) is 17.7 Å². The van der Waals surface area contributed by atoms with Crippen LogP contribution in [0.15, 0.2) is 29.2 Å². The molecule has 1 amide bonds. The highest BCUT2D eigenvalue weighted by Crippen LogP contribution is 2.31. The number of amides is 1. The monoisotopic (exact) mass is 264 g/mol. The van der Waals surface area contributed by atoms with Crippen LogP contribution < -0.4 is 0 Å². The van der Waals surface area contributed by atoms with Crippen molar-refractivity contribution in [1.82, 2.24) is 4.90 Å². The zero-order chi connectivity index (χ0) is 13.5. The number of benzene rings is 1. The van der Waals surface area contributed by atoms with E-state index in [0.717, 1.165) is 0 Å². The molecule has 1 unspecified atom stereocenters. The molecule has 0 aliphatic carbocycles. The second-order valence-electron chi connectivity index (χ2n) is 3.90. The third-order valence-electron chi connectivity index (χ3n) is 2.45. The van der Waals surface area contributed by atoms with Gasteiger partial charge in [-0.3, -0.25) is 4.79 Å². The maximum Gasteiger partial charge on any atom is 0.235 e. The standard InChI is InChI=1S/C13H16N2O2S/c1-10(13(17)15(2)9-5-8-14)18-12-7-4-3-6-11(12)16/h3-4,6-7,10,16H,5,9H2,1-2H3. The van der Waals surface area contributed by atoms with Crippen molar-refractivity contribution in [1.29, 1.82) is 5.26 Å². The summed E-state index contributed by atoms with van der Waals surface area (Å²) in [6, 6.07) is 8.94. The molecule has 0 radical (unpaired) electrons. The van der Waals surface area contributed by atoms with Crippen molar-refractivity contribution in [3.05, 3.63) is 24.3 Å². The lowest BCUT2D eigenvalue weighted by atomic mass is 10.3. The number of para-hydroxylation sites is 1. The number of carbonyl (C=O) groups is 1. The fourth-order valence-electron chi connectivity index (χ4n) is 1.44. The van der Waals surface area contributed by atoms with E-state index < -0.39 is 0 Å². The smallest absolute Gasteiger partial charge is 0.235 e. The van der Waals surface area contributed by atoms with Crippen molar-refractivity contribution < 1.29 is 9.90 Å².